The van der Waals surface area contributed by atoms with Crippen molar-refractivity contribution in [2.24, 2.45) is 0 Å². The first-order chi connectivity index (χ1) is 5.22. The van der Waals surface area contributed by atoms with E-state index < -0.39 is 5.72 Å². The van der Waals surface area contributed by atoms with E-state index in [1.165, 1.54) is 4.90 Å². The highest BCUT2D eigenvalue weighted by Crippen LogP contribution is 2.31. The Morgan fingerprint density at radius 2 is 2.36 bits per heavy atom. The Labute approximate surface area is 64.7 Å². The Hall–Kier alpha value is -0.770. The molecule has 0 aromatic rings. The lowest BCUT2D eigenvalue weighted by atomic mass is 10.0. The zero-order valence-electron chi connectivity index (χ0n) is 6.25. The van der Waals surface area contributed by atoms with Gasteiger partial charge in [-0.05, 0) is 19.3 Å². The van der Waals surface area contributed by atoms with Crippen LogP contribution in [0.1, 0.15) is 19.3 Å². The Morgan fingerprint density at radius 3 is 3.09 bits per heavy atom. The van der Waals surface area contributed by atoms with Crippen LogP contribution in [0.15, 0.2) is 0 Å². The van der Waals surface area contributed by atoms with Gasteiger partial charge < -0.3 is 9.84 Å². The first-order valence-corrected chi connectivity index (χ1v) is 3.89. The summed E-state index contributed by atoms with van der Waals surface area (Å²) in [6.45, 7) is 0.779. The topological polar surface area (TPSA) is 49.8 Å². The second-order valence-corrected chi connectivity index (χ2v) is 3.15. The molecule has 2 rings (SSSR count). The van der Waals surface area contributed by atoms with Gasteiger partial charge in [0.15, 0.2) is 5.72 Å². The van der Waals surface area contributed by atoms with Crippen LogP contribution in [-0.2, 0) is 4.74 Å². The van der Waals surface area contributed by atoms with Crippen LogP contribution in [0.3, 0.4) is 0 Å². The van der Waals surface area contributed by atoms with Gasteiger partial charge in [0.05, 0.1) is 0 Å². The van der Waals surface area contributed by atoms with E-state index in [9.17, 15) is 9.90 Å². The minimum absolute atomic E-state index is 0.145. The summed E-state index contributed by atoms with van der Waals surface area (Å²) in [5, 5.41) is 9.76. The molecule has 62 valence electrons. The average molecular weight is 157 g/mol. The summed E-state index contributed by atoms with van der Waals surface area (Å²) < 4.78 is 4.74. The van der Waals surface area contributed by atoms with Crippen molar-refractivity contribution >= 4 is 6.09 Å². The van der Waals surface area contributed by atoms with E-state index in [1.807, 2.05) is 0 Å². The lowest BCUT2D eigenvalue weighted by molar-refractivity contribution is -0.0847. The van der Waals surface area contributed by atoms with Crippen LogP contribution in [-0.4, -0.2) is 35.0 Å². The molecule has 1 atom stereocenters. The lowest BCUT2D eigenvalue weighted by Crippen LogP contribution is -2.50. The number of piperidine rings is 1. The molecule has 0 radical (unpaired) electrons. The second-order valence-electron chi connectivity index (χ2n) is 3.15. The number of hydrogen-bond acceptors (Lipinski definition) is 3. The standard InChI is InChI=1S/C7H11NO3/c9-6-8-4-2-1-3-7(8,10)5-11-6/h10H,1-5H2. The number of carbonyl (C=O) groups is 1. The third kappa shape index (κ3) is 0.894. The van der Waals surface area contributed by atoms with Crippen LogP contribution in [0.4, 0.5) is 4.79 Å². The molecule has 1 amide bonds. The predicted molar refractivity (Wildman–Crippen MR) is 36.9 cm³/mol. The number of aliphatic hydroxyl groups is 1. The normalized spacial score (nSPS) is 36.8. The maximum atomic E-state index is 11.0. The fraction of sp³-hybridized carbons (Fsp3) is 0.857. The van der Waals surface area contributed by atoms with Gasteiger partial charge in [0.25, 0.3) is 0 Å². The molecule has 0 saturated carbocycles. The maximum Gasteiger partial charge on any atom is 0.412 e. The molecular formula is C7H11NO3. The molecule has 2 saturated heterocycles. The van der Waals surface area contributed by atoms with Crippen molar-refractivity contribution in [3.8, 4) is 0 Å². The van der Waals surface area contributed by atoms with E-state index in [1.54, 1.807) is 0 Å². The molecule has 2 aliphatic rings. The first kappa shape index (κ1) is 6.91. The number of amides is 1. The molecule has 2 aliphatic heterocycles. The lowest BCUT2D eigenvalue weighted by Gasteiger charge is -2.34. The van der Waals surface area contributed by atoms with Gasteiger partial charge >= 0.3 is 6.09 Å². The highest BCUT2D eigenvalue weighted by Gasteiger charge is 2.46. The van der Waals surface area contributed by atoms with Crippen molar-refractivity contribution in [3.63, 3.8) is 0 Å². The second kappa shape index (κ2) is 2.11. The molecule has 0 aromatic heterocycles. The Kier molecular flexibility index (Phi) is 1.32. The molecule has 1 unspecified atom stereocenters. The van der Waals surface area contributed by atoms with E-state index in [4.69, 9.17) is 4.74 Å². The van der Waals surface area contributed by atoms with Gasteiger partial charge in [-0.25, -0.2) is 4.79 Å². The highest BCUT2D eigenvalue weighted by atomic mass is 16.6. The van der Waals surface area contributed by atoms with Gasteiger partial charge in [-0.1, -0.05) is 0 Å². The molecule has 2 heterocycles. The Balaban J connectivity index is 2.21. The van der Waals surface area contributed by atoms with Crippen LogP contribution in [0.5, 0.6) is 0 Å². The van der Waals surface area contributed by atoms with Crippen LogP contribution >= 0.6 is 0 Å². The fourth-order valence-electron chi connectivity index (χ4n) is 1.69. The molecule has 2 fully saturated rings. The summed E-state index contributed by atoms with van der Waals surface area (Å²) in [5.74, 6) is 0. The first-order valence-electron chi connectivity index (χ1n) is 3.89. The number of fused-ring (bicyclic) bond motifs is 1. The number of carbonyl (C=O) groups excluding carboxylic acids is 1. The van der Waals surface area contributed by atoms with Gasteiger partial charge in [-0.3, -0.25) is 4.90 Å². The quantitative estimate of drug-likeness (QED) is 0.550. The summed E-state index contributed by atoms with van der Waals surface area (Å²) in [7, 11) is 0. The highest BCUT2D eigenvalue weighted by molar-refractivity contribution is 5.70. The summed E-state index contributed by atoms with van der Waals surface area (Å²) in [4.78, 5) is 12.4. The number of ether oxygens (including phenoxy) is 1. The van der Waals surface area contributed by atoms with E-state index >= 15 is 0 Å². The van der Waals surface area contributed by atoms with E-state index in [0.717, 1.165) is 12.8 Å². The summed E-state index contributed by atoms with van der Waals surface area (Å²) >= 11 is 0. The summed E-state index contributed by atoms with van der Waals surface area (Å²) in [5.41, 5.74) is -0.977. The minimum Gasteiger partial charge on any atom is -0.444 e. The number of rotatable bonds is 0. The zero-order chi connectivity index (χ0) is 7.90. The van der Waals surface area contributed by atoms with Crippen molar-refractivity contribution < 1.29 is 14.6 Å². The molecule has 4 nitrogen and oxygen atoms in total. The van der Waals surface area contributed by atoms with Crippen LogP contribution in [0.2, 0.25) is 0 Å². The van der Waals surface area contributed by atoms with Crippen molar-refractivity contribution in [1.82, 2.24) is 4.90 Å². The molecular weight excluding hydrogens is 146 g/mol. The molecule has 4 heteroatoms. The largest absolute Gasteiger partial charge is 0.444 e. The molecule has 1 N–H and O–H groups in total. The van der Waals surface area contributed by atoms with Crippen molar-refractivity contribution in [2.45, 2.75) is 25.0 Å². The molecule has 0 spiro atoms. The van der Waals surface area contributed by atoms with Gasteiger partial charge in [0.2, 0.25) is 0 Å². The molecule has 11 heavy (non-hydrogen) atoms. The van der Waals surface area contributed by atoms with Crippen molar-refractivity contribution in [2.75, 3.05) is 13.2 Å². The van der Waals surface area contributed by atoms with Crippen LogP contribution < -0.4 is 0 Å². The fourth-order valence-corrected chi connectivity index (χ4v) is 1.69. The van der Waals surface area contributed by atoms with Gasteiger partial charge in [-0.2, -0.15) is 0 Å². The van der Waals surface area contributed by atoms with Gasteiger partial charge in [0.1, 0.15) is 6.61 Å². The summed E-state index contributed by atoms with van der Waals surface area (Å²) in [6, 6.07) is 0. The third-order valence-electron chi connectivity index (χ3n) is 2.36. The van der Waals surface area contributed by atoms with Gasteiger partial charge in [-0.15, -0.1) is 0 Å². The van der Waals surface area contributed by atoms with E-state index in [-0.39, 0.29) is 12.7 Å². The zero-order valence-corrected chi connectivity index (χ0v) is 6.25. The average Bonchev–Trinajstić information content (AvgIpc) is 2.29. The van der Waals surface area contributed by atoms with Crippen molar-refractivity contribution in [1.29, 1.82) is 0 Å². The predicted octanol–water partition coefficient (Wildman–Crippen LogP) is 0.311. The van der Waals surface area contributed by atoms with E-state index in [2.05, 4.69) is 0 Å². The Bertz CT molecular complexity index is 194. The minimum atomic E-state index is -0.977. The SMILES string of the molecule is O=C1OCC2(O)CCCCN12. The molecule has 0 bridgehead atoms. The number of nitrogens with zero attached hydrogens (tertiary/aromatic N) is 1. The Morgan fingerprint density at radius 1 is 1.55 bits per heavy atom. The maximum absolute atomic E-state index is 11.0. The molecule has 0 aromatic carbocycles. The molecule has 0 aliphatic carbocycles. The number of cyclic esters (lactones) is 1. The van der Waals surface area contributed by atoms with Crippen LogP contribution in [0, 0.1) is 0 Å². The number of hydrogen-bond donors (Lipinski definition) is 1. The summed E-state index contributed by atoms with van der Waals surface area (Å²) in [6.07, 6.45) is 2.23. The van der Waals surface area contributed by atoms with E-state index in [0.29, 0.717) is 13.0 Å². The van der Waals surface area contributed by atoms with Gasteiger partial charge in [0, 0.05) is 6.54 Å². The van der Waals surface area contributed by atoms with Crippen LogP contribution in [0.25, 0.3) is 0 Å². The third-order valence-corrected chi connectivity index (χ3v) is 2.36. The monoisotopic (exact) mass is 157 g/mol. The smallest absolute Gasteiger partial charge is 0.412 e. The van der Waals surface area contributed by atoms with Crippen molar-refractivity contribution in [3.05, 3.63) is 0 Å².